The third-order valence-electron chi connectivity index (χ3n) is 10.5. The Labute approximate surface area is 236 Å². The fraction of sp³-hybridized carbons (Fsp3) is 0.833. The van der Waals surface area contributed by atoms with Crippen LogP contribution in [0.5, 0.6) is 0 Å². The second-order valence-corrected chi connectivity index (χ2v) is 13.8. The number of fused-ring (bicyclic) bond motifs is 1. The lowest BCUT2D eigenvalue weighted by molar-refractivity contribution is -0.144. The Morgan fingerprint density at radius 2 is 1.68 bits per heavy atom. The second-order valence-electron chi connectivity index (χ2n) is 13.8. The van der Waals surface area contributed by atoms with Crippen LogP contribution in [0.4, 0.5) is 4.79 Å². The van der Waals surface area contributed by atoms with Gasteiger partial charge in [0.1, 0.15) is 18.2 Å². The predicted octanol–water partition coefficient (Wildman–Crippen LogP) is 2.67. The van der Waals surface area contributed by atoms with Crippen LogP contribution >= 0.6 is 0 Å². The largest absolute Gasteiger partial charge is 0.446 e. The number of amides is 4. The van der Waals surface area contributed by atoms with Crippen LogP contribution in [0.15, 0.2) is 0 Å². The molecule has 0 aromatic rings. The highest BCUT2D eigenvalue weighted by molar-refractivity contribution is 6.37. The molecular formula is C30H46N4O6. The lowest BCUT2D eigenvalue weighted by atomic mass is 9.83. The van der Waals surface area contributed by atoms with Gasteiger partial charge in [-0.1, -0.05) is 52.9 Å². The molecule has 222 valence electrons. The number of nitrogens with one attached hydrogen (secondary N) is 2. The molecule has 40 heavy (non-hydrogen) atoms. The Hall–Kier alpha value is -2.65. The van der Waals surface area contributed by atoms with Crippen LogP contribution in [0.3, 0.4) is 0 Å². The lowest BCUT2D eigenvalue weighted by Crippen LogP contribution is -2.59. The summed E-state index contributed by atoms with van der Waals surface area (Å²) in [6.45, 7) is 6.76. The smallest absolute Gasteiger partial charge is 0.408 e. The Balaban J connectivity index is 1.33. The summed E-state index contributed by atoms with van der Waals surface area (Å²) in [5.74, 6) is -1.67. The zero-order valence-electron chi connectivity index (χ0n) is 24.2. The van der Waals surface area contributed by atoms with E-state index in [9.17, 15) is 24.0 Å². The number of Topliss-reactive ketones (excluding diaryl/α,β-unsaturated/α-hetero) is 1. The van der Waals surface area contributed by atoms with Crippen LogP contribution in [0.2, 0.25) is 0 Å². The SMILES string of the molecule is CC1CCC(OC(=O)NC(C(=O)N2CC3C(C2C(=O)NC(CC2CC2)C(=O)C(N)=O)C3(C)C)C2CCCCC2)C1. The minimum Gasteiger partial charge on any atom is -0.446 e. The summed E-state index contributed by atoms with van der Waals surface area (Å²) >= 11 is 0. The number of carbonyl (C=O) groups is 5. The molecule has 4 saturated carbocycles. The van der Waals surface area contributed by atoms with Crippen LogP contribution < -0.4 is 16.4 Å². The van der Waals surface area contributed by atoms with E-state index in [1.54, 1.807) is 4.90 Å². The molecule has 1 aliphatic heterocycles. The van der Waals surface area contributed by atoms with Crippen molar-refractivity contribution in [3.63, 3.8) is 0 Å². The van der Waals surface area contributed by atoms with Gasteiger partial charge in [-0.05, 0) is 73.5 Å². The van der Waals surface area contributed by atoms with E-state index in [0.29, 0.717) is 18.9 Å². The van der Waals surface area contributed by atoms with E-state index in [-0.39, 0.29) is 41.1 Å². The molecule has 4 aliphatic carbocycles. The number of primary amides is 1. The van der Waals surface area contributed by atoms with Crippen molar-refractivity contribution >= 4 is 29.6 Å². The molecule has 0 aromatic heterocycles. The van der Waals surface area contributed by atoms with Gasteiger partial charge < -0.3 is 26.0 Å². The van der Waals surface area contributed by atoms with E-state index in [1.807, 2.05) is 0 Å². The third kappa shape index (κ3) is 6.00. The molecule has 5 aliphatic rings. The van der Waals surface area contributed by atoms with Gasteiger partial charge in [0.05, 0.1) is 6.04 Å². The van der Waals surface area contributed by atoms with Gasteiger partial charge in [0, 0.05) is 6.54 Å². The standard InChI is InChI=1S/C30H46N4O6/c1-16-9-12-19(13-16)40-29(39)33-23(18-7-5-4-6-8-18)28(38)34-15-20-22(30(20,2)3)24(34)27(37)32-21(14-17-10-11-17)25(35)26(31)36/h16-24H,4-15H2,1-3H3,(H2,31,36)(H,32,37)(H,33,39). The first-order valence-corrected chi connectivity index (χ1v) is 15.4. The highest BCUT2D eigenvalue weighted by Gasteiger charge is 2.69. The van der Waals surface area contributed by atoms with Gasteiger partial charge in [-0.25, -0.2) is 4.79 Å². The van der Waals surface area contributed by atoms with Crippen molar-refractivity contribution in [1.82, 2.24) is 15.5 Å². The van der Waals surface area contributed by atoms with Gasteiger partial charge >= 0.3 is 6.09 Å². The van der Waals surface area contributed by atoms with E-state index in [2.05, 4.69) is 31.4 Å². The molecule has 0 spiro atoms. The molecule has 10 nitrogen and oxygen atoms in total. The predicted molar refractivity (Wildman–Crippen MR) is 147 cm³/mol. The lowest BCUT2D eigenvalue weighted by Gasteiger charge is -2.37. The quantitative estimate of drug-likeness (QED) is 0.351. The average molecular weight is 559 g/mol. The zero-order chi connectivity index (χ0) is 28.8. The summed E-state index contributed by atoms with van der Waals surface area (Å²) in [4.78, 5) is 66.9. The van der Waals surface area contributed by atoms with Crippen molar-refractivity contribution in [2.45, 2.75) is 116 Å². The van der Waals surface area contributed by atoms with Gasteiger partial charge in [-0.2, -0.15) is 0 Å². The van der Waals surface area contributed by atoms with Gasteiger partial charge in [0.2, 0.25) is 17.6 Å². The van der Waals surface area contributed by atoms with E-state index < -0.39 is 41.8 Å². The number of nitrogens with two attached hydrogens (primary N) is 1. The summed E-state index contributed by atoms with van der Waals surface area (Å²) in [6.07, 6.45) is 9.01. The van der Waals surface area contributed by atoms with Crippen LogP contribution in [0.1, 0.15) is 91.4 Å². The zero-order valence-corrected chi connectivity index (χ0v) is 24.2. The van der Waals surface area contributed by atoms with E-state index >= 15 is 0 Å². The fourth-order valence-corrected chi connectivity index (χ4v) is 7.76. The molecule has 0 bridgehead atoms. The summed E-state index contributed by atoms with van der Waals surface area (Å²) < 4.78 is 5.72. The maximum absolute atomic E-state index is 14.2. The van der Waals surface area contributed by atoms with Crippen molar-refractivity contribution in [3.05, 3.63) is 0 Å². The molecule has 4 N–H and O–H groups in total. The number of hydrogen-bond acceptors (Lipinski definition) is 6. The second kappa shape index (κ2) is 11.3. The van der Waals surface area contributed by atoms with Gasteiger partial charge in [0.25, 0.3) is 5.91 Å². The Kier molecular flexibility index (Phi) is 8.17. The number of ether oxygens (including phenoxy) is 1. The first-order chi connectivity index (χ1) is 19.0. The monoisotopic (exact) mass is 558 g/mol. The highest BCUT2D eigenvalue weighted by Crippen LogP contribution is 2.65. The minimum atomic E-state index is -1.06. The molecule has 4 amide bonds. The number of rotatable bonds is 10. The van der Waals surface area contributed by atoms with Crippen molar-refractivity contribution < 1.29 is 28.7 Å². The summed E-state index contributed by atoms with van der Waals surface area (Å²) in [5.41, 5.74) is 5.17. The first kappa shape index (κ1) is 28.9. The minimum absolute atomic E-state index is 0.0241. The molecule has 7 unspecified atom stereocenters. The third-order valence-corrected chi connectivity index (χ3v) is 10.5. The molecule has 10 heteroatoms. The number of likely N-dealkylation sites (tertiary alicyclic amines) is 1. The molecule has 7 atom stereocenters. The van der Waals surface area contributed by atoms with Gasteiger partial charge in [0.15, 0.2) is 0 Å². The summed E-state index contributed by atoms with van der Waals surface area (Å²) in [6, 6.07) is -2.52. The van der Waals surface area contributed by atoms with Crippen molar-refractivity contribution in [1.29, 1.82) is 0 Å². The van der Waals surface area contributed by atoms with Gasteiger partial charge in [-0.3, -0.25) is 19.2 Å². The van der Waals surface area contributed by atoms with E-state index in [4.69, 9.17) is 10.5 Å². The molecule has 1 heterocycles. The molecule has 0 aromatic carbocycles. The first-order valence-electron chi connectivity index (χ1n) is 15.4. The van der Waals surface area contributed by atoms with Crippen molar-refractivity contribution in [2.24, 2.45) is 40.7 Å². The molecular weight excluding hydrogens is 512 g/mol. The van der Waals surface area contributed by atoms with Gasteiger partial charge in [-0.15, -0.1) is 0 Å². The Morgan fingerprint density at radius 3 is 2.27 bits per heavy atom. The Morgan fingerprint density at radius 1 is 0.975 bits per heavy atom. The maximum Gasteiger partial charge on any atom is 0.408 e. The summed E-state index contributed by atoms with van der Waals surface area (Å²) in [7, 11) is 0. The average Bonchev–Trinajstić information content (AvgIpc) is 3.68. The van der Waals surface area contributed by atoms with Crippen LogP contribution in [0, 0.1) is 35.0 Å². The number of nitrogens with zero attached hydrogens (tertiary/aromatic N) is 1. The van der Waals surface area contributed by atoms with Crippen LogP contribution in [-0.4, -0.2) is 65.3 Å². The van der Waals surface area contributed by atoms with E-state index in [1.165, 1.54) is 0 Å². The number of carbonyl (C=O) groups excluding carboxylic acids is 5. The molecule has 5 fully saturated rings. The summed E-state index contributed by atoms with van der Waals surface area (Å²) in [5, 5.41) is 5.73. The number of hydrogen-bond donors (Lipinski definition) is 3. The topological polar surface area (TPSA) is 148 Å². The number of piperidine rings is 1. The Bertz CT molecular complexity index is 1040. The van der Waals surface area contributed by atoms with E-state index in [0.717, 1.165) is 64.2 Å². The highest BCUT2D eigenvalue weighted by atomic mass is 16.6. The molecule has 5 rings (SSSR count). The van der Waals surface area contributed by atoms with Crippen LogP contribution in [-0.2, 0) is 23.9 Å². The fourth-order valence-electron chi connectivity index (χ4n) is 7.76. The van der Waals surface area contributed by atoms with Crippen LogP contribution in [0.25, 0.3) is 0 Å². The normalized spacial score (nSPS) is 32.5. The molecule has 0 radical (unpaired) electrons. The van der Waals surface area contributed by atoms with Crippen molar-refractivity contribution in [2.75, 3.05) is 6.54 Å². The van der Waals surface area contributed by atoms with Crippen molar-refractivity contribution in [3.8, 4) is 0 Å². The maximum atomic E-state index is 14.2. The number of ketones is 1. The number of alkyl carbamates (subject to hydrolysis) is 1. The molecule has 1 saturated heterocycles.